The number of thioether (sulfide) groups is 1. The van der Waals surface area contributed by atoms with Gasteiger partial charge in [0.25, 0.3) is 0 Å². The zero-order chi connectivity index (χ0) is 16.1. The first-order valence-corrected chi connectivity index (χ1v) is 7.97. The number of halogens is 1. The maximum absolute atomic E-state index is 12.9. The standard InChI is InChI=1S/C17H14FN3OS/c18-14-8-6-12(7-9-14)10-15-16(22)20-17(23-15)21-19-11-13-4-2-1-3-5-13/h1-9,11,15H,10H2,(H,20,21,22)/b19-11-/t15-/m1/s1. The van der Waals surface area contributed by atoms with Crippen LogP contribution in [-0.2, 0) is 11.2 Å². The Balaban J connectivity index is 1.61. The van der Waals surface area contributed by atoms with Crippen LogP contribution in [0.5, 0.6) is 0 Å². The Morgan fingerprint density at radius 2 is 1.87 bits per heavy atom. The van der Waals surface area contributed by atoms with Crippen LogP contribution in [0.4, 0.5) is 4.39 Å². The van der Waals surface area contributed by atoms with Crippen molar-refractivity contribution in [3.05, 3.63) is 71.5 Å². The summed E-state index contributed by atoms with van der Waals surface area (Å²) in [6, 6.07) is 15.8. The minimum atomic E-state index is -0.283. The average molecular weight is 327 g/mol. The van der Waals surface area contributed by atoms with Crippen molar-refractivity contribution in [2.45, 2.75) is 11.7 Å². The highest BCUT2D eigenvalue weighted by Crippen LogP contribution is 2.23. The first-order valence-electron chi connectivity index (χ1n) is 7.09. The van der Waals surface area contributed by atoms with E-state index in [4.69, 9.17) is 0 Å². The predicted octanol–water partition coefficient (Wildman–Crippen LogP) is 2.99. The van der Waals surface area contributed by atoms with E-state index in [1.807, 2.05) is 30.3 Å². The van der Waals surface area contributed by atoms with Crippen LogP contribution in [-0.4, -0.2) is 22.5 Å². The smallest absolute Gasteiger partial charge is 0.239 e. The van der Waals surface area contributed by atoms with E-state index in [-0.39, 0.29) is 17.0 Å². The summed E-state index contributed by atoms with van der Waals surface area (Å²) in [5.41, 5.74) is 1.85. The Morgan fingerprint density at radius 3 is 2.61 bits per heavy atom. The lowest BCUT2D eigenvalue weighted by molar-refractivity contribution is -0.118. The Morgan fingerprint density at radius 1 is 1.13 bits per heavy atom. The molecule has 0 saturated carbocycles. The van der Waals surface area contributed by atoms with E-state index in [2.05, 4.69) is 15.5 Å². The molecule has 1 aliphatic rings. The SMILES string of the molecule is O=C1N/C(=N\N=C/c2ccccc2)S[C@@H]1Cc1ccc(F)cc1. The number of carbonyl (C=O) groups is 1. The highest BCUT2D eigenvalue weighted by Gasteiger charge is 2.30. The van der Waals surface area contributed by atoms with Gasteiger partial charge in [0.1, 0.15) is 5.82 Å². The van der Waals surface area contributed by atoms with E-state index in [0.29, 0.717) is 11.6 Å². The minimum Gasteiger partial charge on any atom is -0.303 e. The molecule has 1 N–H and O–H groups in total. The van der Waals surface area contributed by atoms with Crippen molar-refractivity contribution in [1.82, 2.24) is 5.32 Å². The molecule has 0 aliphatic carbocycles. The molecule has 3 rings (SSSR count). The van der Waals surface area contributed by atoms with Crippen molar-refractivity contribution in [2.24, 2.45) is 10.2 Å². The van der Waals surface area contributed by atoms with Gasteiger partial charge in [0, 0.05) is 0 Å². The Bertz CT molecular complexity index is 744. The van der Waals surface area contributed by atoms with Gasteiger partial charge in [-0.3, -0.25) is 4.79 Å². The third-order valence-corrected chi connectivity index (χ3v) is 4.34. The molecule has 1 atom stereocenters. The molecule has 2 aromatic rings. The zero-order valence-electron chi connectivity index (χ0n) is 12.1. The van der Waals surface area contributed by atoms with E-state index in [1.54, 1.807) is 18.3 Å². The fourth-order valence-corrected chi connectivity index (χ4v) is 3.07. The molecule has 0 unspecified atom stereocenters. The molecule has 1 amide bonds. The van der Waals surface area contributed by atoms with Crippen molar-refractivity contribution < 1.29 is 9.18 Å². The Kier molecular flexibility index (Phi) is 4.83. The van der Waals surface area contributed by atoms with Crippen molar-refractivity contribution >= 4 is 29.1 Å². The molecule has 1 fully saturated rings. The van der Waals surface area contributed by atoms with Gasteiger partial charge in [0.05, 0.1) is 11.5 Å². The number of carbonyl (C=O) groups excluding carboxylic acids is 1. The molecule has 0 bridgehead atoms. The van der Waals surface area contributed by atoms with Gasteiger partial charge in [0.15, 0.2) is 5.17 Å². The maximum atomic E-state index is 12.9. The number of hydrogen-bond acceptors (Lipinski definition) is 4. The number of benzene rings is 2. The summed E-state index contributed by atoms with van der Waals surface area (Å²) in [5.74, 6) is -0.386. The highest BCUT2D eigenvalue weighted by atomic mass is 32.2. The van der Waals surface area contributed by atoms with E-state index < -0.39 is 0 Å². The molecule has 116 valence electrons. The predicted molar refractivity (Wildman–Crippen MR) is 91.1 cm³/mol. The van der Waals surface area contributed by atoms with Gasteiger partial charge in [-0.1, -0.05) is 54.2 Å². The summed E-state index contributed by atoms with van der Waals surface area (Å²) >= 11 is 1.33. The number of hydrogen-bond donors (Lipinski definition) is 1. The van der Waals surface area contributed by atoms with Gasteiger partial charge >= 0.3 is 0 Å². The lowest BCUT2D eigenvalue weighted by Gasteiger charge is -2.04. The lowest BCUT2D eigenvalue weighted by Crippen LogP contribution is -2.25. The molecule has 23 heavy (non-hydrogen) atoms. The van der Waals surface area contributed by atoms with E-state index in [9.17, 15) is 9.18 Å². The van der Waals surface area contributed by atoms with Gasteiger partial charge in [-0.15, -0.1) is 5.10 Å². The molecular weight excluding hydrogens is 313 g/mol. The van der Waals surface area contributed by atoms with Crippen LogP contribution in [0.15, 0.2) is 64.8 Å². The Hall–Kier alpha value is -2.47. The molecule has 1 saturated heterocycles. The van der Waals surface area contributed by atoms with Crippen molar-refractivity contribution in [1.29, 1.82) is 0 Å². The molecule has 0 spiro atoms. The second kappa shape index (κ2) is 7.19. The first kappa shape index (κ1) is 15.4. The number of amides is 1. The monoisotopic (exact) mass is 327 g/mol. The van der Waals surface area contributed by atoms with Gasteiger partial charge in [-0.25, -0.2) is 4.39 Å². The summed E-state index contributed by atoms with van der Waals surface area (Å²) in [6.45, 7) is 0. The third-order valence-electron chi connectivity index (χ3n) is 3.27. The quantitative estimate of drug-likeness (QED) is 0.693. The van der Waals surface area contributed by atoms with Gasteiger partial charge in [-0.05, 0) is 29.7 Å². The zero-order valence-corrected chi connectivity index (χ0v) is 13.0. The summed E-state index contributed by atoms with van der Waals surface area (Å²) in [7, 11) is 0. The van der Waals surface area contributed by atoms with Crippen molar-refractivity contribution in [3.63, 3.8) is 0 Å². The van der Waals surface area contributed by atoms with Crippen LogP contribution in [0.3, 0.4) is 0 Å². The van der Waals surface area contributed by atoms with E-state index >= 15 is 0 Å². The van der Waals surface area contributed by atoms with Crippen molar-refractivity contribution in [2.75, 3.05) is 0 Å². The Labute approximate surface area is 137 Å². The fraction of sp³-hybridized carbons (Fsp3) is 0.118. The minimum absolute atomic E-state index is 0.104. The van der Waals surface area contributed by atoms with Crippen LogP contribution in [0.1, 0.15) is 11.1 Å². The summed E-state index contributed by atoms with van der Waals surface area (Å²) < 4.78 is 12.9. The fourth-order valence-electron chi connectivity index (χ4n) is 2.11. The number of rotatable bonds is 4. The molecule has 2 aromatic carbocycles. The topological polar surface area (TPSA) is 53.8 Å². The van der Waals surface area contributed by atoms with Crippen LogP contribution < -0.4 is 5.32 Å². The van der Waals surface area contributed by atoms with Crippen LogP contribution in [0.2, 0.25) is 0 Å². The van der Waals surface area contributed by atoms with Crippen LogP contribution >= 0.6 is 11.8 Å². The third kappa shape index (κ3) is 4.26. The normalized spacial score (nSPS) is 19.4. The first-order chi connectivity index (χ1) is 11.2. The molecule has 1 heterocycles. The number of amidine groups is 1. The van der Waals surface area contributed by atoms with Crippen LogP contribution in [0.25, 0.3) is 0 Å². The second-order valence-corrected chi connectivity index (χ2v) is 6.18. The van der Waals surface area contributed by atoms with Gasteiger partial charge < -0.3 is 5.32 Å². The summed E-state index contributed by atoms with van der Waals surface area (Å²) in [6.07, 6.45) is 2.16. The van der Waals surface area contributed by atoms with E-state index in [0.717, 1.165) is 11.1 Å². The average Bonchev–Trinajstić information content (AvgIpc) is 2.90. The molecular formula is C17H14FN3OS. The second-order valence-electron chi connectivity index (χ2n) is 4.99. The molecule has 0 radical (unpaired) electrons. The lowest BCUT2D eigenvalue weighted by atomic mass is 10.1. The molecule has 4 nitrogen and oxygen atoms in total. The van der Waals surface area contributed by atoms with Gasteiger partial charge in [-0.2, -0.15) is 5.10 Å². The number of nitrogens with one attached hydrogen (secondary N) is 1. The van der Waals surface area contributed by atoms with Crippen molar-refractivity contribution in [3.8, 4) is 0 Å². The summed E-state index contributed by atoms with van der Waals surface area (Å²) in [4.78, 5) is 12.0. The molecule has 1 aliphatic heterocycles. The molecule has 6 heteroatoms. The van der Waals surface area contributed by atoms with E-state index in [1.165, 1.54) is 23.9 Å². The number of nitrogens with zero attached hydrogens (tertiary/aromatic N) is 2. The molecule has 0 aromatic heterocycles. The highest BCUT2D eigenvalue weighted by molar-refractivity contribution is 8.15. The largest absolute Gasteiger partial charge is 0.303 e. The summed E-state index contributed by atoms with van der Waals surface area (Å²) in [5, 5.41) is 10.9. The maximum Gasteiger partial charge on any atom is 0.239 e. The van der Waals surface area contributed by atoms with Gasteiger partial charge in [0.2, 0.25) is 5.91 Å². The van der Waals surface area contributed by atoms with Crippen LogP contribution in [0, 0.1) is 5.82 Å².